The number of aryl methyl sites for hydroxylation is 3. The molecule has 0 bridgehead atoms. The Bertz CT molecular complexity index is 745. The van der Waals surface area contributed by atoms with Crippen molar-refractivity contribution in [2.75, 3.05) is 0 Å². The smallest absolute Gasteiger partial charge is 0.0985 e. The van der Waals surface area contributed by atoms with Gasteiger partial charge in [-0.1, -0.05) is 44.7 Å². The lowest BCUT2D eigenvalue weighted by Gasteiger charge is -2.28. The second kappa shape index (κ2) is 7.47. The van der Waals surface area contributed by atoms with E-state index in [9.17, 15) is 10.5 Å². The van der Waals surface area contributed by atoms with Crippen LogP contribution in [0.4, 0.5) is 0 Å². The number of allylic oxidation sites excluding steroid dienone is 2. The predicted octanol–water partition coefficient (Wildman–Crippen LogP) is 3.59. The minimum Gasteiger partial charge on any atom is -0.392 e. The van der Waals surface area contributed by atoms with Crippen LogP contribution >= 0.6 is 11.8 Å². The molecule has 0 radical (unpaired) electrons. The Morgan fingerprint density at radius 2 is 1.38 bits per heavy atom. The average Bonchev–Trinajstić information content (AvgIpc) is 2.59. The van der Waals surface area contributed by atoms with Crippen LogP contribution in [0.15, 0.2) is 33.3 Å². The highest BCUT2D eigenvalue weighted by molar-refractivity contribution is 8.06. The van der Waals surface area contributed by atoms with E-state index in [1.807, 2.05) is 0 Å². The predicted molar refractivity (Wildman–Crippen MR) is 98.6 cm³/mol. The van der Waals surface area contributed by atoms with E-state index in [0.717, 1.165) is 47.7 Å². The van der Waals surface area contributed by atoms with Crippen LogP contribution in [0.3, 0.4) is 0 Å². The van der Waals surface area contributed by atoms with E-state index in [2.05, 4.69) is 45.0 Å². The summed E-state index contributed by atoms with van der Waals surface area (Å²) < 4.78 is 0. The van der Waals surface area contributed by atoms with Gasteiger partial charge in [0.15, 0.2) is 0 Å². The summed E-state index contributed by atoms with van der Waals surface area (Å²) in [4.78, 5) is 0. The highest BCUT2D eigenvalue weighted by atomic mass is 32.2. The Morgan fingerprint density at radius 1 is 0.917 bits per heavy atom. The molecule has 0 atom stereocenters. The lowest BCUT2D eigenvalue weighted by molar-refractivity contribution is 0.887. The minimum absolute atomic E-state index is 0.391. The van der Waals surface area contributed by atoms with Gasteiger partial charge in [-0.15, -0.1) is 0 Å². The molecule has 1 aliphatic heterocycles. The molecule has 4 N–H and O–H groups in total. The molecule has 124 valence electrons. The molecular formula is C19H22N4S. The SMILES string of the molecule is CCc1cc(CC)c(C2C(C#N)=C(N)SC(N)=C2C#N)c(CC)c1. The number of thioether (sulfide) groups is 1. The fourth-order valence-electron chi connectivity index (χ4n) is 3.20. The van der Waals surface area contributed by atoms with E-state index in [0.29, 0.717) is 21.2 Å². The summed E-state index contributed by atoms with van der Waals surface area (Å²) >= 11 is 1.11. The molecule has 2 rings (SSSR count). The average molecular weight is 338 g/mol. The molecule has 0 saturated heterocycles. The highest BCUT2D eigenvalue weighted by Crippen LogP contribution is 2.45. The van der Waals surface area contributed by atoms with E-state index >= 15 is 0 Å². The molecule has 0 aromatic heterocycles. The maximum absolute atomic E-state index is 9.65. The van der Waals surface area contributed by atoms with Gasteiger partial charge in [-0.3, -0.25) is 0 Å². The summed E-state index contributed by atoms with van der Waals surface area (Å²) in [6.07, 6.45) is 2.61. The number of hydrogen-bond acceptors (Lipinski definition) is 5. The summed E-state index contributed by atoms with van der Waals surface area (Å²) in [6, 6.07) is 8.77. The number of nitriles is 2. The maximum atomic E-state index is 9.65. The summed E-state index contributed by atoms with van der Waals surface area (Å²) in [5.41, 5.74) is 17.6. The normalized spacial score (nSPS) is 15.4. The number of nitrogens with two attached hydrogens (primary N) is 2. The lowest BCUT2D eigenvalue weighted by Crippen LogP contribution is -2.20. The molecule has 4 nitrogen and oxygen atoms in total. The molecule has 0 unspecified atom stereocenters. The van der Waals surface area contributed by atoms with Gasteiger partial charge in [0.1, 0.15) is 0 Å². The first-order valence-corrected chi connectivity index (χ1v) is 8.95. The van der Waals surface area contributed by atoms with Crippen LogP contribution in [0.2, 0.25) is 0 Å². The number of benzene rings is 1. The summed E-state index contributed by atoms with van der Waals surface area (Å²) in [5, 5.41) is 20.1. The van der Waals surface area contributed by atoms with Gasteiger partial charge in [-0.25, -0.2) is 0 Å². The standard InChI is InChI=1S/C19H22N4S/c1-4-11-7-12(5-2)16(13(6-3)8-11)17-14(9-20)18(22)24-19(23)15(17)10-21/h7-8,17H,4-6,22-23H2,1-3H3. The third kappa shape index (κ3) is 3.00. The van der Waals surface area contributed by atoms with E-state index in [1.165, 1.54) is 5.56 Å². The van der Waals surface area contributed by atoms with Crippen molar-refractivity contribution in [3.8, 4) is 12.1 Å². The monoisotopic (exact) mass is 338 g/mol. The fraction of sp³-hybridized carbons (Fsp3) is 0.368. The van der Waals surface area contributed by atoms with Crippen molar-refractivity contribution in [3.05, 3.63) is 55.6 Å². The molecule has 1 heterocycles. The van der Waals surface area contributed by atoms with Gasteiger partial charge < -0.3 is 11.5 Å². The molecule has 0 aliphatic carbocycles. The van der Waals surface area contributed by atoms with Crippen molar-refractivity contribution in [2.45, 2.75) is 46.0 Å². The van der Waals surface area contributed by atoms with Crippen molar-refractivity contribution in [1.29, 1.82) is 10.5 Å². The Balaban J connectivity index is 2.83. The number of hydrogen-bond donors (Lipinski definition) is 2. The van der Waals surface area contributed by atoms with Gasteiger partial charge in [0, 0.05) is 0 Å². The second-order valence-electron chi connectivity index (χ2n) is 5.70. The van der Waals surface area contributed by atoms with Crippen molar-refractivity contribution in [1.82, 2.24) is 0 Å². The number of nitrogens with zero attached hydrogens (tertiary/aromatic N) is 2. The van der Waals surface area contributed by atoms with Crippen LogP contribution in [0.1, 0.15) is 48.9 Å². The quantitative estimate of drug-likeness (QED) is 0.874. The van der Waals surface area contributed by atoms with Crippen LogP contribution in [-0.4, -0.2) is 0 Å². The first-order chi connectivity index (χ1) is 11.5. The summed E-state index contributed by atoms with van der Waals surface area (Å²) in [7, 11) is 0. The van der Waals surface area contributed by atoms with Crippen LogP contribution < -0.4 is 11.5 Å². The van der Waals surface area contributed by atoms with Crippen LogP contribution in [0, 0.1) is 22.7 Å². The first-order valence-electron chi connectivity index (χ1n) is 8.14. The second-order valence-corrected chi connectivity index (χ2v) is 6.79. The van der Waals surface area contributed by atoms with E-state index < -0.39 is 5.92 Å². The first kappa shape index (κ1) is 18.0. The Hall–Kier alpha value is -2.37. The Morgan fingerprint density at radius 3 is 1.71 bits per heavy atom. The Labute approximate surface area is 147 Å². The van der Waals surface area contributed by atoms with Crippen LogP contribution in [-0.2, 0) is 19.3 Å². The Kier molecular flexibility index (Phi) is 5.59. The molecule has 1 aromatic rings. The fourth-order valence-corrected chi connectivity index (χ4v) is 3.98. The topological polar surface area (TPSA) is 99.6 Å². The molecule has 24 heavy (non-hydrogen) atoms. The van der Waals surface area contributed by atoms with E-state index in [1.54, 1.807) is 0 Å². The maximum Gasteiger partial charge on any atom is 0.0985 e. The largest absolute Gasteiger partial charge is 0.392 e. The molecule has 5 heteroatoms. The van der Waals surface area contributed by atoms with E-state index in [-0.39, 0.29) is 0 Å². The number of rotatable bonds is 4. The molecule has 1 aromatic carbocycles. The van der Waals surface area contributed by atoms with Crippen LogP contribution in [0.25, 0.3) is 0 Å². The van der Waals surface area contributed by atoms with Crippen molar-refractivity contribution in [3.63, 3.8) is 0 Å². The molecule has 0 amide bonds. The molecule has 0 saturated carbocycles. The van der Waals surface area contributed by atoms with Gasteiger partial charge in [0.2, 0.25) is 0 Å². The van der Waals surface area contributed by atoms with Gasteiger partial charge >= 0.3 is 0 Å². The zero-order valence-electron chi connectivity index (χ0n) is 14.3. The third-order valence-corrected chi connectivity index (χ3v) is 5.32. The molecule has 1 aliphatic rings. The van der Waals surface area contributed by atoms with E-state index in [4.69, 9.17) is 11.5 Å². The molecular weight excluding hydrogens is 316 g/mol. The van der Waals surface area contributed by atoms with Gasteiger partial charge in [0.25, 0.3) is 0 Å². The van der Waals surface area contributed by atoms with Crippen molar-refractivity contribution in [2.24, 2.45) is 11.5 Å². The van der Waals surface area contributed by atoms with Crippen molar-refractivity contribution >= 4 is 11.8 Å². The van der Waals surface area contributed by atoms with Gasteiger partial charge in [0.05, 0.1) is 39.3 Å². The highest BCUT2D eigenvalue weighted by Gasteiger charge is 2.33. The molecule has 0 fully saturated rings. The van der Waals surface area contributed by atoms with Crippen molar-refractivity contribution < 1.29 is 0 Å². The summed E-state index contributed by atoms with van der Waals surface area (Å²) in [5.74, 6) is -0.461. The summed E-state index contributed by atoms with van der Waals surface area (Å²) in [6.45, 7) is 6.31. The zero-order chi connectivity index (χ0) is 17.9. The van der Waals surface area contributed by atoms with Gasteiger partial charge in [-0.05, 0) is 41.5 Å². The third-order valence-electron chi connectivity index (χ3n) is 4.44. The van der Waals surface area contributed by atoms with Crippen LogP contribution in [0.5, 0.6) is 0 Å². The zero-order valence-corrected chi connectivity index (χ0v) is 15.1. The molecule has 0 spiro atoms. The lowest BCUT2D eigenvalue weighted by atomic mass is 9.78. The minimum atomic E-state index is -0.461. The van der Waals surface area contributed by atoms with Gasteiger partial charge in [-0.2, -0.15) is 10.5 Å².